The van der Waals surface area contributed by atoms with Gasteiger partial charge in [-0.05, 0) is 31.0 Å². The van der Waals surface area contributed by atoms with E-state index in [4.69, 9.17) is 9.47 Å². The number of rotatable bonds is 8. The first-order valence-electron chi connectivity index (χ1n) is 7.11. The average Bonchev–Trinajstić information content (AvgIpc) is 2.44. The molecule has 0 saturated carbocycles. The molecular formula is C16H22FNO4. The highest BCUT2D eigenvalue weighted by Gasteiger charge is 2.17. The van der Waals surface area contributed by atoms with Crippen molar-refractivity contribution in [2.75, 3.05) is 20.3 Å². The fourth-order valence-corrected chi connectivity index (χ4v) is 1.99. The maximum Gasteiger partial charge on any atom is 0.309 e. The second kappa shape index (κ2) is 9.15. The third-order valence-corrected chi connectivity index (χ3v) is 3.00. The molecule has 0 saturated heterocycles. The molecule has 0 bridgehead atoms. The molecule has 0 spiro atoms. The maximum atomic E-state index is 13.1. The summed E-state index contributed by atoms with van der Waals surface area (Å²) in [5.74, 6) is -1.66. The monoisotopic (exact) mass is 311 g/mol. The van der Waals surface area contributed by atoms with Crippen LogP contribution in [-0.4, -0.2) is 38.2 Å². The van der Waals surface area contributed by atoms with Crippen molar-refractivity contribution in [2.24, 2.45) is 5.92 Å². The lowest BCUT2D eigenvalue weighted by Crippen LogP contribution is -2.38. The predicted octanol–water partition coefficient (Wildman–Crippen LogP) is 1.70. The summed E-state index contributed by atoms with van der Waals surface area (Å²) in [5, 5.41) is 2.64. The van der Waals surface area contributed by atoms with Gasteiger partial charge < -0.3 is 14.8 Å². The van der Waals surface area contributed by atoms with E-state index in [2.05, 4.69) is 5.32 Å². The third-order valence-electron chi connectivity index (χ3n) is 3.00. The van der Waals surface area contributed by atoms with Crippen LogP contribution in [0.1, 0.15) is 19.4 Å². The topological polar surface area (TPSA) is 64.6 Å². The summed E-state index contributed by atoms with van der Waals surface area (Å²) in [4.78, 5) is 23.4. The smallest absolute Gasteiger partial charge is 0.309 e. The number of amides is 1. The van der Waals surface area contributed by atoms with Gasteiger partial charge in [0.25, 0.3) is 5.91 Å². The molecule has 0 radical (unpaired) electrons. The van der Waals surface area contributed by atoms with Crippen LogP contribution < -0.4 is 5.32 Å². The lowest BCUT2D eigenvalue weighted by Gasteiger charge is -2.14. The summed E-state index contributed by atoms with van der Waals surface area (Å²) >= 11 is 0. The number of esters is 1. The SMILES string of the molecule is COCC(C)NC(=O)COC(=O)C(C)Cc1cccc(F)c1. The van der Waals surface area contributed by atoms with Crippen molar-refractivity contribution >= 4 is 11.9 Å². The number of carbonyl (C=O) groups excluding carboxylic acids is 2. The standard InChI is InChI=1S/C16H22FNO4/c1-11(7-13-5-4-6-14(17)8-13)16(20)22-10-15(19)18-12(2)9-21-3/h4-6,8,11-12H,7,9-10H2,1-3H3,(H,18,19). The lowest BCUT2D eigenvalue weighted by atomic mass is 10.0. The Kier molecular flexibility index (Phi) is 7.52. The number of ether oxygens (including phenoxy) is 2. The number of hydrogen-bond donors (Lipinski definition) is 1. The number of nitrogens with one attached hydrogen (secondary N) is 1. The van der Waals surface area contributed by atoms with Crippen molar-refractivity contribution in [1.29, 1.82) is 0 Å². The molecule has 22 heavy (non-hydrogen) atoms. The molecule has 2 unspecified atom stereocenters. The van der Waals surface area contributed by atoms with Gasteiger partial charge in [-0.15, -0.1) is 0 Å². The zero-order valence-electron chi connectivity index (χ0n) is 13.1. The molecule has 6 heteroatoms. The quantitative estimate of drug-likeness (QED) is 0.742. The number of halogens is 1. The van der Waals surface area contributed by atoms with Crippen LogP contribution in [0.4, 0.5) is 4.39 Å². The molecule has 1 aromatic carbocycles. The first-order valence-corrected chi connectivity index (χ1v) is 7.11. The molecule has 1 amide bonds. The minimum absolute atomic E-state index is 0.152. The highest BCUT2D eigenvalue weighted by Crippen LogP contribution is 2.11. The number of hydrogen-bond acceptors (Lipinski definition) is 4. The number of methoxy groups -OCH3 is 1. The van der Waals surface area contributed by atoms with Crippen molar-refractivity contribution in [2.45, 2.75) is 26.3 Å². The van der Waals surface area contributed by atoms with E-state index in [0.717, 1.165) is 0 Å². The summed E-state index contributed by atoms with van der Waals surface area (Å²) in [6, 6.07) is 5.90. The van der Waals surface area contributed by atoms with Gasteiger partial charge in [0.2, 0.25) is 0 Å². The Morgan fingerprint density at radius 1 is 1.32 bits per heavy atom. The molecule has 122 valence electrons. The molecule has 0 aliphatic rings. The normalized spacial score (nSPS) is 13.3. The minimum Gasteiger partial charge on any atom is -0.455 e. The van der Waals surface area contributed by atoms with Crippen LogP contribution in [0.25, 0.3) is 0 Å². The molecule has 0 aromatic heterocycles. The van der Waals surface area contributed by atoms with Gasteiger partial charge in [-0.2, -0.15) is 0 Å². The summed E-state index contributed by atoms with van der Waals surface area (Å²) in [6.07, 6.45) is 0.359. The second-order valence-corrected chi connectivity index (χ2v) is 5.27. The van der Waals surface area contributed by atoms with Gasteiger partial charge in [0.1, 0.15) is 5.82 Å². The zero-order chi connectivity index (χ0) is 16.5. The molecule has 5 nitrogen and oxygen atoms in total. The molecule has 0 aliphatic heterocycles. The van der Waals surface area contributed by atoms with E-state index >= 15 is 0 Å². The molecule has 0 aliphatic carbocycles. The summed E-state index contributed by atoms with van der Waals surface area (Å²) in [7, 11) is 1.54. The average molecular weight is 311 g/mol. The van der Waals surface area contributed by atoms with E-state index in [1.165, 1.54) is 19.2 Å². The molecule has 0 fully saturated rings. The Morgan fingerprint density at radius 3 is 2.68 bits per heavy atom. The van der Waals surface area contributed by atoms with E-state index in [-0.39, 0.29) is 24.4 Å². The molecular weight excluding hydrogens is 289 g/mol. The fraction of sp³-hybridized carbons (Fsp3) is 0.500. The Morgan fingerprint density at radius 2 is 2.05 bits per heavy atom. The van der Waals surface area contributed by atoms with Crippen molar-refractivity contribution < 1.29 is 23.5 Å². The van der Waals surface area contributed by atoms with E-state index in [0.29, 0.717) is 18.6 Å². The highest BCUT2D eigenvalue weighted by atomic mass is 19.1. The number of benzene rings is 1. The highest BCUT2D eigenvalue weighted by molar-refractivity contribution is 5.81. The van der Waals surface area contributed by atoms with Crippen LogP contribution in [0.15, 0.2) is 24.3 Å². The van der Waals surface area contributed by atoms with Crippen molar-refractivity contribution in [1.82, 2.24) is 5.32 Å². The second-order valence-electron chi connectivity index (χ2n) is 5.27. The van der Waals surface area contributed by atoms with Gasteiger partial charge in [0.05, 0.1) is 12.5 Å². The van der Waals surface area contributed by atoms with Gasteiger partial charge in [-0.1, -0.05) is 19.1 Å². The van der Waals surface area contributed by atoms with Crippen LogP contribution in [0.2, 0.25) is 0 Å². The van der Waals surface area contributed by atoms with E-state index in [1.807, 2.05) is 0 Å². The van der Waals surface area contributed by atoms with Gasteiger partial charge in [-0.25, -0.2) is 4.39 Å². The molecule has 1 N–H and O–H groups in total. The van der Waals surface area contributed by atoms with Gasteiger partial charge in [0.15, 0.2) is 6.61 Å². The van der Waals surface area contributed by atoms with Crippen LogP contribution in [0.5, 0.6) is 0 Å². The Bertz CT molecular complexity index is 507. The maximum absolute atomic E-state index is 13.1. The summed E-state index contributed by atoms with van der Waals surface area (Å²) in [6.45, 7) is 3.52. The van der Waals surface area contributed by atoms with Crippen LogP contribution >= 0.6 is 0 Å². The van der Waals surface area contributed by atoms with Crippen LogP contribution in [-0.2, 0) is 25.5 Å². The molecule has 1 rings (SSSR count). The third kappa shape index (κ3) is 6.67. The largest absolute Gasteiger partial charge is 0.455 e. The molecule has 2 atom stereocenters. The number of carbonyl (C=O) groups is 2. The van der Waals surface area contributed by atoms with Crippen LogP contribution in [0.3, 0.4) is 0 Å². The van der Waals surface area contributed by atoms with Crippen molar-refractivity contribution in [3.63, 3.8) is 0 Å². The van der Waals surface area contributed by atoms with E-state index in [1.54, 1.807) is 26.0 Å². The van der Waals surface area contributed by atoms with Gasteiger partial charge in [-0.3, -0.25) is 9.59 Å². The van der Waals surface area contributed by atoms with Crippen LogP contribution in [0, 0.1) is 11.7 Å². The molecule has 1 aromatic rings. The van der Waals surface area contributed by atoms with E-state index < -0.39 is 11.9 Å². The van der Waals surface area contributed by atoms with Gasteiger partial charge in [0, 0.05) is 13.2 Å². The predicted molar refractivity (Wildman–Crippen MR) is 79.7 cm³/mol. The molecule has 0 heterocycles. The Labute approximate surface area is 129 Å². The summed E-state index contributed by atoms with van der Waals surface area (Å²) in [5.41, 5.74) is 0.711. The zero-order valence-corrected chi connectivity index (χ0v) is 13.1. The minimum atomic E-state index is -0.487. The first-order chi connectivity index (χ1) is 10.4. The lowest BCUT2D eigenvalue weighted by molar-refractivity contribution is -0.152. The van der Waals surface area contributed by atoms with E-state index in [9.17, 15) is 14.0 Å². The Balaban J connectivity index is 2.36. The Hall–Kier alpha value is -1.95. The van der Waals surface area contributed by atoms with Gasteiger partial charge >= 0.3 is 5.97 Å². The van der Waals surface area contributed by atoms with Crippen molar-refractivity contribution in [3.8, 4) is 0 Å². The summed E-state index contributed by atoms with van der Waals surface area (Å²) < 4.78 is 22.9. The van der Waals surface area contributed by atoms with Crippen molar-refractivity contribution in [3.05, 3.63) is 35.6 Å². The first kappa shape index (κ1) is 18.1. The fourth-order valence-electron chi connectivity index (χ4n) is 1.99.